The number of nitrogens with one attached hydrogen (secondary N) is 1. The zero-order valence-electron chi connectivity index (χ0n) is 9.28. The summed E-state index contributed by atoms with van der Waals surface area (Å²) in [5, 5.41) is 9.33. The molecule has 1 aliphatic carbocycles. The molecule has 1 saturated carbocycles. The largest absolute Gasteiger partial charge is 0.505 e. The van der Waals surface area contributed by atoms with Crippen molar-refractivity contribution in [3.8, 4) is 17.0 Å². The van der Waals surface area contributed by atoms with Crippen LogP contribution in [0, 0.1) is 5.82 Å². The minimum absolute atomic E-state index is 0.331. The average Bonchev–Trinajstić information content (AvgIpc) is 2.69. The first-order chi connectivity index (χ1) is 8.24. The van der Waals surface area contributed by atoms with Crippen molar-refractivity contribution in [2.24, 2.45) is 0 Å². The summed E-state index contributed by atoms with van der Waals surface area (Å²) in [5.41, 5.74) is 1.57. The van der Waals surface area contributed by atoms with Gasteiger partial charge in [-0.15, -0.1) is 0 Å². The molecule has 0 spiro atoms. The monoisotopic (exact) mass is 232 g/mol. The van der Waals surface area contributed by atoms with Crippen LogP contribution in [0.5, 0.6) is 5.75 Å². The topological polar surface area (TPSA) is 48.9 Å². The second-order valence-electron chi connectivity index (χ2n) is 4.48. The molecular formula is C13H13FN2O. The van der Waals surface area contributed by atoms with Crippen LogP contribution in [0.3, 0.4) is 0 Å². The third-order valence-electron chi connectivity index (χ3n) is 3.34. The highest BCUT2D eigenvalue weighted by atomic mass is 19.1. The van der Waals surface area contributed by atoms with E-state index in [1.165, 1.54) is 31.4 Å². The fraction of sp³-hybridized carbons (Fsp3) is 0.308. The first-order valence-corrected chi connectivity index (χ1v) is 5.78. The summed E-state index contributed by atoms with van der Waals surface area (Å²) < 4.78 is 12.9. The van der Waals surface area contributed by atoms with Gasteiger partial charge in [0.1, 0.15) is 5.82 Å². The molecule has 88 valence electrons. The van der Waals surface area contributed by atoms with E-state index in [1.807, 2.05) is 0 Å². The Kier molecular flexibility index (Phi) is 2.35. The Hall–Kier alpha value is -1.84. The highest BCUT2D eigenvalue weighted by Gasteiger charge is 2.22. The van der Waals surface area contributed by atoms with Crippen molar-refractivity contribution >= 4 is 0 Å². The minimum Gasteiger partial charge on any atom is -0.505 e. The number of aromatic hydroxyl groups is 1. The summed E-state index contributed by atoms with van der Waals surface area (Å²) in [4.78, 5) is 7.57. The molecule has 0 atom stereocenters. The van der Waals surface area contributed by atoms with Crippen LogP contribution in [0.4, 0.5) is 4.39 Å². The lowest BCUT2D eigenvalue weighted by Crippen LogP contribution is -2.10. The Balaban J connectivity index is 1.92. The van der Waals surface area contributed by atoms with Gasteiger partial charge in [-0.3, -0.25) is 0 Å². The number of rotatable bonds is 2. The van der Waals surface area contributed by atoms with Gasteiger partial charge >= 0.3 is 0 Å². The number of phenols is 1. The van der Waals surface area contributed by atoms with Crippen molar-refractivity contribution in [1.29, 1.82) is 0 Å². The first kappa shape index (κ1) is 10.3. The molecule has 0 amide bonds. The van der Waals surface area contributed by atoms with E-state index in [4.69, 9.17) is 0 Å². The molecule has 4 heteroatoms. The van der Waals surface area contributed by atoms with Gasteiger partial charge in [0.25, 0.3) is 0 Å². The third-order valence-corrected chi connectivity index (χ3v) is 3.34. The SMILES string of the molecule is Oc1cc(-c2cnc(C3CCC3)[nH]2)ccc1F. The molecule has 3 nitrogen and oxygen atoms in total. The van der Waals surface area contributed by atoms with Crippen molar-refractivity contribution < 1.29 is 9.50 Å². The van der Waals surface area contributed by atoms with Gasteiger partial charge in [0.15, 0.2) is 11.6 Å². The number of nitrogens with zero attached hydrogens (tertiary/aromatic N) is 1. The number of hydrogen-bond donors (Lipinski definition) is 2. The van der Waals surface area contributed by atoms with Crippen molar-refractivity contribution in [1.82, 2.24) is 9.97 Å². The van der Waals surface area contributed by atoms with Crippen LogP contribution < -0.4 is 0 Å². The van der Waals surface area contributed by atoms with Crippen LogP contribution in [0.2, 0.25) is 0 Å². The first-order valence-electron chi connectivity index (χ1n) is 5.78. The van der Waals surface area contributed by atoms with Gasteiger partial charge in [0.05, 0.1) is 11.9 Å². The van der Waals surface area contributed by atoms with Crippen LogP contribution in [0.1, 0.15) is 31.0 Å². The summed E-state index contributed by atoms with van der Waals surface area (Å²) in [7, 11) is 0. The quantitative estimate of drug-likeness (QED) is 0.835. The maximum atomic E-state index is 12.9. The molecule has 0 radical (unpaired) electrons. The molecule has 1 aromatic carbocycles. The number of phenolic OH excluding ortho intramolecular Hbond substituents is 1. The Morgan fingerprint density at radius 3 is 2.82 bits per heavy atom. The van der Waals surface area contributed by atoms with Gasteiger partial charge in [0.2, 0.25) is 0 Å². The van der Waals surface area contributed by atoms with Crippen molar-refractivity contribution in [2.75, 3.05) is 0 Å². The predicted octanol–water partition coefficient (Wildman–Crippen LogP) is 3.19. The summed E-state index contributed by atoms with van der Waals surface area (Å²) >= 11 is 0. The van der Waals surface area contributed by atoms with Crippen molar-refractivity contribution in [3.63, 3.8) is 0 Å². The number of benzene rings is 1. The Bertz CT molecular complexity index is 546. The van der Waals surface area contributed by atoms with E-state index in [0.29, 0.717) is 5.92 Å². The number of imidazole rings is 1. The molecule has 2 aromatic rings. The lowest BCUT2D eigenvalue weighted by molar-refractivity contribution is 0.404. The molecular weight excluding hydrogens is 219 g/mol. The fourth-order valence-corrected chi connectivity index (χ4v) is 2.05. The number of H-pyrrole nitrogens is 1. The van der Waals surface area contributed by atoms with E-state index >= 15 is 0 Å². The van der Waals surface area contributed by atoms with Gasteiger partial charge < -0.3 is 10.1 Å². The second kappa shape index (κ2) is 3.87. The van der Waals surface area contributed by atoms with E-state index in [1.54, 1.807) is 12.3 Å². The molecule has 0 unspecified atom stereocenters. The van der Waals surface area contributed by atoms with Crippen molar-refractivity contribution in [2.45, 2.75) is 25.2 Å². The summed E-state index contributed by atoms with van der Waals surface area (Å²) in [5.74, 6) is 0.600. The van der Waals surface area contributed by atoms with Crippen LogP contribution in [0.25, 0.3) is 11.3 Å². The molecule has 0 bridgehead atoms. The number of hydrogen-bond acceptors (Lipinski definition) is 2. The second-order valence-corrected chi connectivity index (χ2v) is 4.48. The average molecular weight is 232 g/mol. The summed E-state index contributed by atoms with van der Waals surface area (Å²) in [6.07, 6.45) is 5.36. The highest BCUT2D eigenvalue weighted by Crippen LogP contribution is 2.35. The molecule has 17 heavy (non-hydrogen) atoms. The summed E-state index contributed by atoms with van der Waals surface area (Å²) in [6, 6.07) is 4.30. The van der Waals surface area contributed by atoms with Gasteiger partial charge in [-0.1, -0.05) is 6.42 Å². The van der Waals surface area contributed by atoms with Gasteiger partial charge in [-0.2, -0.15) is 0 Å². The van der Waals surface area contributed by atoms with Gasteiger partial charge in [-0.05, 0) is 31.0 Å². The van der Waals surface area contributed by atoms with Crippen LogP contribution in [-0.2, 0) is 0 Å². The standard InChI is InChI=1S/C13H13FN2O/c14-10-5-4-9(6-12(10)17)11-7-15-13(16-11)8-2-1-3-8/h4-8,17H,1-3H2,(H,15,16). The molecule has 1 aliphatic rings. The van der Waals surface area contributed by atoms with Crippen molar-refractivity contribution in [3.05, 3.63) is 36.0 Å². The van der Waals surface area contributed by atoms with E-state index in [9.17, 15) is 9.50 Å². The molecule has 0 aliphatic heterocycles. The number of aromatic amines is 1. The van der Waals surface area contributed by atoms with Crippen LogP contribution in [-0.4, -0.2) is 15.1 Å². The minimum atomic E-state index is -0.604. The van der Waals surface area contributed by atoms with E-state index < -0.39 is 5.82 Å². The van der Waals surface area contributed by atoms with E-state index in [-0.39, 0.29) is 5.75 Å². The lowest BCUT2D eigenvalue weighted by Gasteiger charge is -2.22. The Labute approximate surface area is 98.3 Å². The van der Waals surface area contributed by atoms with E-state index in [0.717, 1.165) is 17.1 Å². The molecule has 0 saturated heterocycles. The normalized spacial score (nSPS) is 15.8. The molecule has 1 aromatic heterocycles. The smallest absolute Gasteiger partial charge is 0.164 e. The lowest BCUT2D eigenvalue weighted by atomic mass is 9.85. The maximum absolute atomic E-state index is 12.9. The fourth-order valence-electron chi connectivity index (χ4n) is 2.05. The summed E-state index contributed by atoms with van der Waals surface area (Å²) in [6.45, 7) is 0. The molecule has 2 N–H and O–H groups in total. The van der Waals surface area contributed by atoms with Crippen LogP contribution in [0.15, 0.2) is 24.4 Å². The number of halogens is 1. The maximum Gasteiger partial charge on any atom is 0.164 e. The zero-order valence-corrected chi connectivity index (χ0v) is 9.28. The Morgan fingerprint density at radius 1 is 1.35 bits per heavy atom. The Morgan fingerprint density at radius 2 is 2.18 bits per heavy atom. The van der Waals surface area contributed by atoms with Crippen LogP contribution >= 0.6 is 0 Å². The predicted molar refractivity (Wildman–Crippen MR) is 62.2 cm³/mol. The van der Waals surface area contributed by atoms with E-state index in [2.05, 4.69) is 9.97 Å². The zero-order chi connectivity index (χ0) is 11.8. The number of aromatic nitrogens is 2. The molecule has 1 fully saturated rings. The highest BCUT2D eigenvalue weighted by molar-refractivity contribution is 5.60. The molecule has 3 rings (SSSR count). The van der Waals surface area contributed by atoms with Gasteiger partial charge in [-0.25, -0.2) is 9.37 Å². The molecule has 1 heterocycles. The van der Waals surface area contributed by atoms with Gasteiger partial charge in [0, 0.05) is 11.5 Å². The third kappa shape index (κ3) is 1.79.